The molecule has 0 fully saturated rings. The highest BCUT2D eigenvalue weighted by Gasteiger charge is 2.23. The average molecular weight is 356 g/mol. The molecule has 1 heterocycles. The molecule has 0 unspecified atom stereocenters. The predicted octanol–water partition coefficient (Wildman–Crippen LogP) is 1.79. The first-order chi connectivity index (χ1) is 12.4. The third-order valence-electron chi connectivity index (χ3n) is 4.01. The summed E-state index contributed by atoms with van der Waals surface area (Å²) in [6.07, 6.45) is 2.92. The molecule has 0 saturated carbocycles. The van der Waals surface area contributed by atoms with Crippen molar-refractivity contribution in [1.82, 2.24) is 9.97 Å². The molecule has 2 rings (SSSR count). The van der Waals surface area contributed by atoms with E-state index in [1.165, 1.54) is 11.2 Å². The lowest BCUT2D eigenvalue weighted by atomic mass is 10.1. The van der Waals surface area contributed by atoms with Crippen LogP contribution in [0.4, 0.5) is 17.5 Å². The van der Waals surface area contributed by atoms with Gasteiger partial charge in [0.15, 0.2) is 0 Å². The number of carbonyl (C=O) groups excluding carboxylic acids is 2. The molecule has 0 aliphatic heterocycles. The quantitative estimate of drug-likeness (QED) is 0.374. The number of rotatable bonds is 8. The maximum Gasteiger partial charge on any atom is 0.254 e. The summed E-state index contributed by atoms with van der Waals surface area (Å²) in [4.78, 5) is 31.4. The van der Waals surface area contributed by atoms with Crippen molar-refractivity contribution in [1.29, 1.82) is 0 Å². The summed E-state index contributed by atoms with van der Waals surface area (Å²) in [7, 11) is 0. The molecule has 0 spiro atoms. The number of aromatic nitrogens is 2. The molecule has 8 nitrogen and oxygen atoms in total. The number of anilines is 3. The van der Waals surface area contributed by atoms with Crippen LogP contribution < -0.4 is 21.9 Å². The van der Waals surface area contributed by atoms with E-state index in [2.05, 4.69) is 22.2 Å². The van der Waals surface area contributed by atoms with Crippen LogP contribution in [0.25, 0.3) is 0 Å². The third-order valence-corrected chi connectivity index (χ3v) is 4.01. The van der Waals surface area contributed by atoms with Gasteiger partial charge in [0.25, 0.3) is 5.91 Å². The van der Waals surface area contributed by atoms with Crippen molar-refractivity contribution in [3.63, 3.8) is 0 Å². The summed E-state index contributed by atoms with van der Waals surface area (Å²) in [6, 6.07) is 7.13. The zero-order valence-corrected chi connectivity index (χ0v) is 15.1. The highest BCUT2D eigenvalue weighted by atomic mass is 16.1. The molecule has 2 aromatic rings. The lowest BCUT2D eigenvalue weighted by Crippen LogP contribution is -2.46. The number of nitrogens with one attached hydrogen (secondary N) is 1. The largest absolute Gasteiger partial charge is 0.365 e. The normalized spacial score (nSPS) is 11.9. The Labute approximate surface area is 152 Å². The summed E-state index contributed by atoms with van der Waals surface area (Å²) in [5, 5.41) is 4.28. The lowest BCUT2D eigenvalue weighted by Gasteiger charge is -2.26. The Hall–Kier alpha value is -3.00. The Bertz CT molecular complexity index is 793. The highest BCUT2D eigenvalue weighted by Crippen LogP contribution is 2.22. The van der Waals surface area contributed by atoms with Gasteiger partial charge in [0.1, 0.15) is 23.7 Å². The van der Waals surface area contributed by atoms with Crippen LogP contribution in [0.1, 0.15) is 36.7 Å². The summed E-state index contributed by atoms with van der Waals surface area (Å²) < 4.78 is 0. The number of aryl methyl sites for hydroxylation is 1. The Balaban J connectivity index is 2.42. The van der Waals surface area contributed by atoms with Crippen LogP contribution in [0.3, 0.4) is 0 Å². The highest BCUT2D eigenvalue weighted by molar-refractivity contribution is 5.98. The SMILES string of the molecule is CCc1cccc(Nc2nc(N(N)[C@@H](C=O)C(C)C)ncc2C(N)=O)c1. The van der Waals surface area contributed by atoms with Crippen LogP contribution in [0.2, 0.25) is 0 Å². The van der Waals surface area contributed by atoms with E-state index in [9.17, 15) is 9.59 Å². The van der Waals surface area contributed by atoms with Gasteiger partial charge in [-0.2, -0.15) is 4.98 Å². The summed E-state index contributed by atoms with van der Waals surface area (Å²) >= 11 is 0. The Morgan fingerprint density at radius 3 is 2.69 bits per heavy atom. The van der Waals surface area contributed by atoms with Gasteiger partial charge in [-0.3, -0.25) is 9.80 Å². The zero-order valence-electron chi connectivity index (χ0n) is 15.1. The first-order valence-electron chi connectivity index (χ1n) is 8.39. The molecule has 1 amide bonds. The Kier molecular flexibility index (Phi) is 6.24. The molecule has 1 aromatic heterocycles. The van der Waals surface area contributed by atoms with Gasteiger partial charge < -0.3 is 15.8 Å². The number of hydrazine groups is 1. The van der Waals surface area contributed by atoms with Crippen molar-refractivity contribution < 1.29 is 9.59 Å². The summed E-state index contributed by atoms with van der Waals surface area (Å²) in [5.74, 6) is 5.68. The lowest BCUT2D eigenvalue weighted by molar-refractivity contribution is -0.109. The molecule has 26 heavy (non-hydrogen) atoms. The topological polar surface area (TPSA) is 127 Å². The Morgan fingerprint density at radius 1 is 1.38 bits per heavy atom. The van der Waals surface area contributed by atoms with E-state index in [-0.39, 0.29) is 23.2 Å². The minimum Gasteiger partial charge on any atom is -0.365 e. The number of hydrogen-bond acceptors (Lipinski definition) is 7. The fourth-order valence-electron chi connectivity index (χ4n) is 2.46. The van der Waals surface area contributed by atoms with Crippen molar-refractivity contribution in [2.75, 3.05) is 10.3 Å². The van der Waals surface area contributed by atoms with Crippen molar-refractivity contribution in [3.8, 4) is 0 Å². The van der Waals surface area contributed by atoms with E-state index in [4.69, 9.17) is 11.6 Å². The van der Waals surface area contributed by atoms with Crippen molar-refractivity contribution in [3.05, 3.63) is 41.6 Å². The molecule has 0 radical (unpaired) electrons. The van der Waals surface area contributed by atoms with Gasteiger partial charge in [0, 0.05) is 11.9 Å². The predicted molar refractivity (Wildman–Crippen MR) is 101 cm³/mol. The molecule has 0 bridgehead atoms. The van der Waals surface area contributed by atoms with E-state index < -0.39 is 11.9 Å². The van der Waals surface area contributed by atoms with Crippen molar-refractivity contribution in [2.45, 2.75) is 33.2 Å². The van der Waals surface area contributed by atoms with E-state index in [0.717, 1.165) is 24.0 Å². The second kappa shape index (κ2) is 8.39. The minimum atomic E-state index is -0.662. The van der Waals surface area contributed by atoms with E-state index in [0.29, 0.717) is 0 Å². The molecule has 0 aliphatic carbocycles. The second-order valence-corrected chi connectivity index (χ2v) is 6.25. The molecule has 0 aliphatic rings. The van der Waals surface area contributed by atoms with E-state index in [1.54, 1.807) is 0 Å². The van der Waals surface area contributed by atoms with Gasteiger partial charge in [-0.25, -0.2) is 10.8 Å². The number of benzene rings is 1. The number of primary amides is 1. The monoisotopic (exact) mass is 356 g/mol. The van der Waals surface area contributed by atoms with Gasteiger partial charge in [-0.05, 0) is 30.0 Å². The molecule has 8 heteroatoms. The smallest absolute Gasteiger partial charge is 0.254 e. The Morgan fingerprint density at radius 2 is 2.12 bits per heavy atom. The van der Waals surface area contributed by atoms with Gasteiger partial charge in [-0.15, -0.1) is 0 Å². The standard InChI is InChI=1S/C18H24N6O2/c1-4-12-6-5-7-13(8-12)22-17-14(16(19)26)9-21-18(23-17)24(20)15(10-25)11(2)3/h5-11,15H,4,20H2,1-3H3,(H2,19,26)(H,21,22,23)/t15-/m0/s1. The maximum atomic E-state index is 11.7. The van der Waals surface area contributed by atoms with Crippen LogP contribution in [0.5, 0.6) is 0 Å². The zero-order chi connectivity index (χ0) is 19.3. The molecule has 1 atom stereocenters. The molecule has 1 aromatic carbocycles. The van der Waals surface area contributed by atoms with Crippen LogP contribution >= 0.6 is 0 Å². The van der Waals surface area contributed by atoms with Crippen LogP contribution in [-0.2, 0) is 11.2 Å². The minimum absolute atomic E-state index is 0.0328. The number of nitrogens with two attached hydrogens (primary N) is 2. The molecule has 5 N–H and O–H groups in total. The molecule has 138 valence electrons. The van der Waals surface area contributed by atoms with E-state index >= 15 is 0 Å². The van der Waals surface area contributed by atoms with Crippen LogP contribution in [0, 0.1) is 5.92 Å². The number of hydrogen-bond donors (Lipinski definition) is 3. The van der Waals surface area contributed by atoms with Gasteiger partial charge in [-0.1, -0.05) is 32.9 Å². The van der Waals surface area contributed by atoms with Crippen LogP contribution in [0.15, 0.2) is 30.5 Å². The van der Waals surface area contributed by atoms with Gasteiger partial charge in [0.05, 0.1) is 0 Å². The number of carbonyl (C=O) groups is 2. The second-order valence-electron chi connectivity index (χ2n) is 6.25. The van der Waals surface area contributed by atoms with Gasteiger partial charge >= 0.3 is 0 Å². The third kappa shape index (κ3) is 4.34. The van der Waals surface area contributed by atoms with Crippen LogP contribution in [-0.4, -0.2) is 28.2 Å². The summed E-state index contributed by atoms with van der Waals surface area (Å²) in [5.41, 5.74) is 7.45. The number of amides is 1. The fraction of sp³-hybridized carbons (Fsp3) is 0.333. The maximum absolute atomic E-state index is 11.7. The van der Waals surface area contributed by atoms with E-state index in [1.807, 2.05) is 38.1 Å². The first kappa shape index (κ1) is 19.3. The molecule has 0 saturated heterocycles. The fourth-order valence-corrected chi connectivity index (χ4v) is 2.46. The first-order valence-corrected chi connectivity index (χ1v) is 8.39. The number of aldehydes is 1. The number of nitrogens with zero attached hydrogens (tertiary/aromatic N) is 3. The van der Waals surface area contributed by atoms with Crippen molar-refractivity contribution in [2.24, 2.45) is 17.5 Å². The summed E-state index contributed by atoms with van der Waals surface area (Å²) in [6.45, 7) is 5.78. The average Bonchev–Trinajstić information content (AvgIpc) is 2.61. The van der Waals surface area contributed by atoms with Gasteiger partial charge in [0.2, 0.25) is 5.95 Å². The van der Waals surface area contributed by atoms with Crippen molar-refractivity contribution >= 4 is 29.6 Å². The molecular weight excluding hydrogens is 332 g/mol. The molecular formula is C18H24N6O2.